The zero-order valence-corrected chi connectivity index (χ0v) is 16.4. The van der Waals surface area contributed by atoms with Crippen molar-refractivity contribution in [3.8, 4) is 0 Å². The molecule has 5 nitrogen and oxygen atoms in total. The Morgan fingerprint density at radius 3 is 2.52 bits per heavy atom. The molecule has 0 spiro atoms. The van der Waals surface area contributed by atoms with E-state index in [1.165, 1.54) is 0 Å². The lowest BCUT2D eigenvalue weighted by atomic mass is 10.0. The number of alkyl carbamates (subject to hydrolysis) is 1. The minimum atomic E-state index is -0.533. The molecule has 0 aliphatic carbocycles. The number of ether oxygens (including phenoxy) is 1. The molecule has 1 atom stereocenters. The Morgan fingerprint density at radius 1 is 1.16 bits per heavy atom. The molecule has 0 bridgehead atoms. The fraction of sp³-hybridized carbons (Fsp3) is 0.263. The number of hydrogen-bond acceptors (Lipinski definition) is 3. The molecule has 0 saturated carbocycles. The van der Waals surface area contributed by atoms with E-state index in [0.717, 1.165) is 20.4 Å². The fourth-order valence-electron chi connectivity index (χ4n) is 2.37. The van der Waals surface area contributed by atoms with Crippen LogP contribution in [0.1, 0.15) is 30.5 Å². The summed E-state index contributed by atoms with van der Waals surface area (Å²) in [7, 11) is 0. The molecule has 0 aromatic heterocycles. The summed E-state index contributed by atoms with van der Waals surface area (Å²) in [4.78, 5) is 24.2. The van der Waals surface area contributed by atoms with Crippen molar-refractivity contribution in [1.29, 1.82) is 0 Å². The zero-order chi connectivity index (χ0) is 18.2. The topological polar surface area (TPSA) is 67.4 Å². The van der Waals surface area contributed by atoms with Crippen molar-refractivity contribution in [1.82, 2.24) is 5.32 Å². The number of aryl methyl sites for hydroxylation is 1. The summed E-state index contributed by atoms with van der Waals surface area (Å²) in [6.07, 6.45) is -0.414. The lowest BCUT2D eigenvalue weighted by Gasteiger charge is -2.18. The molecule has 0 aliphatic rings. The van der Waals surface area contributed by atoms with E-state index in [0.29, 0.717) is 0 Å². The van der Waals surface area contributed by atoms with Gasteiger partial charge >= 0.3 is 6.09 Å². The van der Waals surface area contributed by atoms with Gasteiger partial charge in [-0.3, -0.25) is 4.79 Å². The summed E-state index contributed by atoms with van der Waals surface area (Å²) in [5, 5.41) is 5.63. The lowest BCUT2D eigenvalue weighted by Crippen LogP contribution is -2.32. The van der Waals surface area contributed by atoms with Gasteiger partial charge in [0.05, 0.1) is 19.1 Å². The van der Waals surface area contributed by atoms with Crippen LogP contribution in [0.5, 0.6) is 0 Å². The van der Waals surface area contributed by atoms with Gasteiger partial charge in [0.2, 0.25) is 5.91 Å². The molecule has 132 valence electrons. The van der Waals surface area contributed by atoms with Gasteiger partial charge in [0.1, 0.15) is 0 Å². The number of nitrogens with one attached hydrogen (secondary N) is 2. The maximum absolute atomic E-state index is 12.4. The fourth-order valence-corrected chi connectivity index (χ4v) is 2.71. The number of amides is 2. The third-order valence-corrected chi connectivity index (χ3v) is 4.81. The Labute approximate surface area is 161 Å². The third-order valence-electron chi connectivity index (χ3n) is 3.60. The summed E-state index contributed by atoms with van der Waals surface area (Å²) >= 11 is 2.25. The number of benzene rings is 2. The molecular formula is C19H21IN2O3. The highest BCUT2D eigenvalue weighted by molar-refractivity contribution is 14.1. The minimum absolute atomic E-state index is 0.119. The van der Waals surface area contributed by atoms with E-state index < -0.39 is 12.1 Å². The lowest BCUT2D eigenvalue weighted by molar-refractivity contribution is -0.116. The van der Waals surface area contributed by atoms with Crippen LogP contribution in [-0.4, -0.2) is 18.6 Å². The van der Waals surface area contributed by atoms with Crippen molar-refractivity contribution >= 4 is 40.3 Å². The van der Waals surface area contributed by atoms with E-state index in [1.54, 1.807) is 6.92 Å². The summed E-state index contributed by atoms with van der Waals surface area (Å²) in [6.45, 7) is 4.01. The van der Waals surface area contributed by atoms with Crippen LogP contribution in [0.2, 0.25) is 0 Å². The Hall–Kier alpha value is -2.09. The van der Waals surface area contributed by atoms with Crippen molar-refractivity contribution in [2.75, 3.05) is 11.9 Å². The predicted molar refractivity (Wildman–Crippen MR) is 106 cm³/mol. The Morgan fingerprint density at radius 2 is 1.88 bits per heavy atom. The number of hydrogen-bond donors (Lipinski definition) is 2. The summed E-state index contributed by atoms with van der Waals surface area (Å²) in [6, 6.07) is 14.7. The molecule has 0 radical (unpaired) electrons. The molecule has 25 heavy (non-hydrogen) atoms. The van der Waals surface area contributed by atoms with Gasteiger partial charge in [-0.2, -0.15) is 0 Å². The number of halogens is 1. The second kappa shape index (κ2) is 9.41. The largest absolute Gasteiger partial charge is 0.450 e. The van der Waals surface area contributed by atoms with Crippen molar-refractivity contribution < 1.29 is 14.3 Å². The SMILES string of the molecule is CCOC(=O)N[C@H](CC(=O)Nc1ccc(I)c(C)c1)c1ccccc1. The van der Waals surface area contributed by atoms with Gasteiger partial charge in [-0.05, 0) is 65.8 Å². The third kappa shape index (κ3) is 6.04. The standard InChI is InChI=1S/C19H21IN2O3/c1-3-25-19(24)22-17(14-7-5-4-6-8-14)12-18(23)21-15-9-10-16(20)13(2)11-15/h4-11,17H,3,12H2,1-2H3,(H,21,23)(H,22,24)/t17-/m1/s1. The van der Waals surface area contributed by atoms with Crippen LogP contribution >= 0.6 is 22.6 Å². The first-order valence-corrected chi connectivity index (χ1v) is 9.11. The summed E-state index contributed by atoms with van der Waals surface area (Å²) < 4.78 is 6.08. The Kier molecular flexibility index (Phi) is 7.24. The molecule has 0 unspecified atom stereocenters. The molecule has 0 heterocycles. The quantitative estimate of drug-likeness (QED) is 0.638. The number of rotatable bonds is 6. The highest BCUT2D eigenvalue weighted by Gasteiger charge is 2.19. The van der Waals surface area contributed by atoms with Crippen molar-refractivity contribution in [2.45, 2.75) is 26.3 Å². The van der Waals surface area contributed by atoms with Gasteiger partial charge in [0.25, 0.3) is 0 Å². The molecule has 2 amide bonds. The van der Waals surface area contributed by atoms with Crippen LogP contribution < -0.4 is 10.6 Å². The molecular weight excluding hydrogens is 431 g/mol. The first-order chi connectivity index (χ1) is 12.0. The summed E-state index contributed by atoms with van der Waals surface area (Å²) in [5.74, 6) is -0.175. The van der Waals surface area contributed by atoms with E-state index >= 15 is 0 Å². The first kappa shape index (κ1) is 19.2. The van der Waals surface area contributed by atoms with Crippen LogP contribution in [-0.2, 0) is 9.53 Å². The van der Waals surface area contributed by atoms with Gasteiger partial charge < -0.3 is 15.4 Å². The second-order valence-electron chi connectivity index (χ2n) is 5.54. The van der Waals surface area contributed by atoms with E-state index in [-0.39, 0.29) is 18.9 Å². The second-order valence-corrected chi connectivity index (χ2v) is 6.71. The summed E-state index contributed by atoms with van der Waals surface area (Å²) in [5.41, 5.74) is 2.69. The van der Waals surface area contributed by atoms with Gasteiger partial charge in [-0.15, -0.1) is 0 Å². The van der Waals surface area contributed by atoms with Crippen molar-refractivity contribution in [2.24, 2.45) is 0 Å². The number of anilines is 1. The smallest absolute Gasteiger partial charge is 0.407 e. The number of carbonyl (C=O) groups is 2. The van der Waals surface area contributed by atoms with Gasteiger partial charge in [-0.1, -0.05) is 30.3 Å². The van der Waals surface area contributed by atoms with E-state index in [2.05, 4.69) is 33.2 Å². The van der Waals surface area contributed by atoms with Gasteiger partial charge in [0.15, 0.2) is 0 Å². The Balaban J connectivity index is 2.08. The van der Waals surface area contributed by atoms with Crippen molar-refractivity contribution in [3.63, 3.8) is 0 Å². The van der Waals surface area contributed by atoms with E-state index in [9.17, 15) is 9.59 Å². The molecule has 2 N–H and O–H groups in total. The van der Waals surface area contributed by atoms with Crippen LogP contribution in [0.15, 0.2) is 48.5 Å². The van der Waals surface area contributed by atoms with Crippen LogP contribution in [0.25, 0.3) is 0 Å². The van der Waals surface area contributed by atoms with Gasteiger partial charge in [0, 0.05) is 9.26 Å². The van der Waals surface area contributed by atoms with E-state index in [4.69, 9.17) is 4.74 Å². The normalized spacial score (nSPS) is 11.5. The molecule has 6 heteroatoms. The average Bonchev–Trinajstić information content (AvgIpc) is 2.58. The molecule has 2 rings (SSSR count). The first-order valence-electron chi connectivity index (χ1n) is 8.04. The molecule has 2 aromatic carbocycles. The molecule has 0 fully saturated rings. The Bertz CT molecular complexity index is 735. The molecule has 0 aliphatic heterocycles. The highest BCUT2D eigenvalue weighted by atomic mass is 127. The highest BCUT2D eigenvalue weighted by Crippen LogP contribution is 2.20. The van der Waals surface area contributed by atoms with Crippen LogP contribution in [0.3, 0.4) is 0 Å². The maximum atomic E-state index is 12.4. The van der Waals surface area contributed by atoms with Gasteiger partial charge in [-0.25, -0.2) is 4.79 Å². The molecule has 2 aromatic rings. The minimum Gasteiger partial charge on any atom is -0.450 e. The predicted octanol–water partition coefficient (Wildman–Crippen LogP) is 4.42. The average molecular weight is 452 g/mol. The maximum Gasteiger partial charge on any atom is 0.407 e. The monoisotopic (exact) mass is 452 g/mol. The van der Waals surface area contributed by atoms with Crippen LogP contribution in [0, 0.1) is 10.5 Å². The number of carbonyl (C=O) groups excluding carboxylic acids is 2. The molecule has 0 saturated heterocycles. The zero-order valence-electron chi connectivity index (χ0n) is 14.2. The van der Waals surface area contributed by atoms with Crippen molar-refractivity contribution in [3.05, 3.63) is 63.2 Å². The van der Waals surface area contributed by atoms with Crippen LogP contribution in [0.4, 0.5) is 10.5 Å². The van der Waals surface area contributed by atoms with E-state index in [1.807, 2.05) is 55.5 Å².